The van der Waals surface area contributed by atoms with E-state index in [0.29, 0.717) is 23.8 Å². The minimum absolute atomic E-state index is 0.346. The van der Waals surface area contributed by atoms with Crippen LogP contribution in [0.3, 0.4) is 0 Å². The second-order valence-electron chi connectivity index (χ2n) is 8.46. The molecule has 0 bridgehead atoms. The Balaban J connectivity index is 1.46. The smallest absolute Gasteiger partial charge is 0.222 e. The number of carbonyl (C=O) groups excluding carboxylic acids is 1. The van der Waals surface area contributed by atoms with Crippen molar-refractivity contribution in [3.05, 3.63) is 0 Å². The van der Waals surface area contributed by atoms with Crippen LogP contribution in [0.4, 0.5) is 0 Å². The van der Waals surface area contributed by atoms with E-state index in [2.05, 4.69) is 23.6 Å². The second kappa shape index (κ2) is 8.66. The highest BCUT2D eigenvalue weighted by Gasteiger charge is 2.30. The average molecular weight is 337 g/mol. The van der Waals surface area contributed by atoms with E-state index in [0.717, 1.165) is 58.0 Å². The lowest BCUT2D eigenvalue weighted by molar-refractivity contribution is -0.133. The summed E-state index contributed by atoms with van der Waals surface area (Å²) in [5.74, 6) is 1.46. The SMILES string of the molecule is CC(C)[C@H]1C[C@H](CC(=O)N2CCCN(C3CCCC3)CC2)CCO1. The quantitative estimate of drug-likeness (QED) is 0.790. The van der Waals surface area contributed by atoms with Crippen LogP contribution in [-0.2, 0) is 9.53 Å². The van der Waals surface area contributed by atoms with Gasteiger partial charge in [0.15, 0.2) is 0 Å². The first-order chi connectivity index (χ1) is 11.6. The lowest BCUT2D eigenvalue weighted by atomic mass is 9.88. The Hall–Kier alpha value is -0.610. The first-order valence-electron chi connectivity index (χ1n) is 10.3. The van der Waals surface area contributed by atoms with Crippen molar-refractivity contribution in [2.24, 2.45) is 11.8 Å². The van der Waals surface area contributed by atoms with E-state index in [9.17, 15) is 4.79 Å². The van der Waals surface area contributed by atoms with Gasteiger partial charge in [0.2, 0.25) is 5.91 Å². The molecule has 3 fully saturated rings. The van der Waals surface area contributed by atoms with Crippen LogP contribution < -0.4 is 0 Å². The highest BCUT2D eigenvalue weighted by molar-refractivity contribution is 5.76. The third-order valence-corrected chi connectivity index (χ3v) is 6.35. The third kappa shape index (κ3) is 4.72. The van der Waals surface area contributed by atoms with Crippen molar-refractivity contribution < 1.29 is 9.53 Å². The van der Waals surface area contributed by atoms with Gasteiger partial charge in [-0.2, -0.15) is 0 Å². The molecule has 0 unspecified atom stereocenters. The van der Waals surface area contributed by atoms with Gasteiger partial charge in [-0.3, -0.25) is 9.69 Å². The van der Waals surface area contributed by atoms with E-state index in [-0.39, 0.29) is 0 Å². The molecule has 3 aliphatic rings. The monoisotopic (exact) mass is 336 g/mol. The van der Waals surface area contributed by atoms with Crippen molar-refractivity contribution in [3.63, 3.8) is 0 Å². The molecule has 3 rings (SSSR count). The number of amides is 1. The highest BCUT2D eigenvalue weighted by atomic mass is 16.5. The molecule has 2 heterocycles. The molecular weight excluding hydrogens is 300 g/mol. The van der Waals surface area contributed by atoms with Gasteiger partial charge in [-0.1, -0.05) is 26.7 Å². The van der Waals surface area contributed by atoms with E-state index in [4.69, 9.17) is 4.74 Å². The average Bonchev–Trinajstić information content (AvgIpc) is 2.99. The Labute approximate surface area is 147 Å². The van der Waals surface area contributed by atoms with Crippen LogP contribution in [0.25, 0.3) is 0 Å². The molecule has 0 N–H and O–H groups in total. The summed E-state index contributed by atoms with van der Waals surface area (Å²) in [4.78, 5) is 17.6. The molecule has 0 aromatic rings. The molecule has 2 atom stereocenters. The molecular formula is C20H36N2O2. The van der Waals surface area contributed by atoms with Crippen molar-refractivity contribution in [3.8, 4) is 0 Å². The van der Waals surface area contributed by atoms with Crippen LogP contribution in [0.15, 0.2) is 0 Å². The Bertz CT molecular complexity index is 406. The Morgan fingerprint density at radius 1 is 1.04 bits per heavy atom. The molecule has 24 heavy (non-hydrogen) atoms. The molecule has 138 valence electrons. The molecule has 4 nitrogen and oxygen atoms in total. The van der Waals surface area contributed by atoms with Gasteiger partial charge in [-0.25, -0.2) is 0 Å². The fraction of sp³-hybridized carbons (Fsp3) is 0.950. The number of ether oxygens (including phenoxy) is 1. The van der Waals surface area contributed by atoms with Crippen LogP contribution in [0.2, 0.25) is 0 Å². The molecule has 0 spiro atoms. The minimum Gasteiger partial charge on any atom is -0.378 e. The van der Waals surface area contributed by atoms with Crippen LogP contribution >= 0.6 is 0 Å². The molecule has 0 aromatic heterocycles. The Kier molecular flexibility index (Phi) is 6.56. The molecule has 1 aliphatic carbocycles. The minimum atomic E-state index is 0.346. The van der Waals surface area contributed by atoms with E-state index in [1.54, 1.807) is 0 Å². The first-order valence-corrected chi connectivity index (χ1v) is 10.3. The molecule has 2 aliphatic heterocycles. The lowest BCUT2D eigenvalue weighted by Gasteiger charge is -2.33. The Morgan fingerprint density at radius 2 is 1.83 bits per heavy atom. The van der Waals surface area contributed by atoms with Gasteiger partial charge >= 0.3 is 0 Å². The molecule has 2 saturated heterocycles. The zero-order valence-electron chi connectivity index (χ0n) is 15.7. The van der Waals surface area contributed by atoms with Crippen LogP contribution in [-0.4, -0.2) is 60.6 Å². The zero-order chi connectivity index (χ0) is 16.9. The number of nitrogens with zero attached hydrogens (tertiary/aromatic N) is 2. The van der Waals surface area contributed by atoms with Crippen molar-refractivity contribution in [2.45, 2.75) is 77.4 Å². The van der Waals surface area contributed by atoms with Gasteiger partial charge in [0.1, 0.15) is 0 Å². The third-order valence-electron chi connectivity index (χ3n) is 6.35. The topological polar surface area (TPSA) is 32.8 Å². The predicted molar refractivity (Wildman–Crippen MR) is 96.9 cm³/mol. The van der Waals surface area contributed by atoms with Crippen LogP contribution in [0.1, 0.15) is 65.2 Å². The van der Waals surface area contributed by atoms with Gasteiger partial charge in [0, 0.05) is 45.2 Å². The first kappa shape index (κ1) is 18.2. The van der Waals surface area contributed by atoms with E-state index in [1.165, 1.54) is 32.2 Å². The summed E-state index contributed by atoms with van der Waals surface area (Å²) in [5, 5.41) is 0. The van der Waals surface area contributed by atoms with Crippen molar-refractivity contribution in [1.82, 2.24) is 9.80 Å². The lowest BCUT2D eigenvalue weighted by Crippen LogP contribution is -2.39. The number of hydrogen-bond donors (Lipinski definition) is 0. The van der Waals surface area contributed by atoms with E-state index >= 15 is 0 Å². The summed E-state index contributed by atoms with van der Waals surface area (Å²) in [6, 6.07) is 0.794. The number of rotatable bonds is 4. The number of carbonyl (C=O) groups is 1. The fourth-order valence-electron chi connectivity index (χ4n) is 4.75. The summed E-state index contributed by atoms with van der Waals surface area (Å²) in [6.07, 6.45) is 9.86. The summed E-state index contributed by atoms with van der Waals surface area (Å²) >= 11 is 0. The van der Waals surface area contributed by atoms with Gasteiger partial charge in [-0.15, -0.1) is 0 Å². The zero-order valence-corrected chi connectivity index (χ0v) is 15.7. The van der Waals surface area contributed by atoms with Gasteiger partial charge in [0.05, 0.1) is 6.10 Å². The summed E-state index contributed by atoms with van der Waals surface area (Å²) < 4.78 is 5.86. The molecule has 1 amide bonds. The van der Waals surface area contributed by atoms with Crippen LogP contribution in [0.5, 0.6) is 0 Å². The molecule has 0 aromatic carbocycles. The summed E-state index contributed by atoms with van der Waals surface area (Å²) in [6.45, 7) is 9.43. The standard InChI is InChI=1S/C20H36N2O2/c1-16(2)19-14-17(8-13-24-19)15-20(23)22-10-5-9-21(11-12-22)18-6-3-4-7-18/h16-19H,3-15H2,1-2H3/t17-,19-/m1/s1. The molecule has 4 heteroatoms. The predicted octanol–water partition coefficient (Wildman–Crippen LogP) is 3.30. The van der Waals surface area contributed by atoms with E-state index < -0.39 is 0 Å². The van der Waals surface area contributed by atoms with E-state index in [1.807, 2.05) is 0 Å². The summed E-state index contributed by atoms with van der Waals surface area (Å²) in [7, 11) is 0. The number of hydrogen-bond acceptors (Lipinski definition) is 3. The van der Waals surface area contributed by atoms with Crippen molar-refractivity contribution in [2.75, 3.05) is 32.8 Å². The van der Waals surface area contributed by atoms with Crippen LogP contribution in [0, 0.1) is 11.8 Å². The fourth-order valence-corrected chi connectivity index (χ4v) is 4.75. The maximum Gasteiger partial charge on any atom is 0.222 e. The largest absolute Gasteiger partial charge is 0.378 e. The van der Waals surface area contributed by atoms with Gasteiger partial charge in [-0.05, 0) is 43.9 Å². The molecule has 0 radical (unpaired) electrons. The maximum absolute atomic E-state index is 12.8. The van der Waals surface area contributed by atoms with Gasteiger partial charge < -0.3 is 9.64 Å². The highest BCUT2D eigenvalue weighted by Crippen LogP contribution is 2.28. The Morgan fingerprint density at radius 3 is 2.58 bits per heavy atom. The second-order valence-corrected chi connectivity index (χ2v) is 8.46. The normalized spacial score (nSPS) is 30.7. The van der Waals surface area contributed by atoms with Gasteiger partial charge in [0.25, 0.3) is 0 Å². The maximum atomic E-state index is 12.8. The molecule has 1 saturated carbocycles. The van der Waals surface area contributed by atoms with Crippen molar-refractivity contribution >= 4 is 5.91 Å². The summed E-state index contributed by atoms with van der Waals surface area (Å²) in [5.41, 5.74) is 0. The van der Waals surface area contributed by atoms with Crippen molar-refractivity contribution in [1.29, 1.82) is 0 Å².